The molecule has 0 saturated carbocycles. The minimum atomic E-state index is -1.19. The molecular weight excluding hydrogens is 362 g/mol. The molecule has 3 rings (SSSR count). The minimum absolute atomic E-state index is 0.108. The van der Waals surface area contributed by atoms with E-state index >= 15 is 0 Å². The maximum atomic E-state index is 12.8. The van der Waals surface area contributed by atoms with Crippen molar-refractivity contribution < 1.29 is 14.5 Å². The molecule has 0 aromatic carbocycles. The lowest BCUT2D eigenvalue weighted by atomic mass is 9.81. The second kappa shape index (κ2) is 8.47. The number of hydrogen-bond donors (Lipinski definition) is 0. The highest BCUT2D eigenvalue weighted by Gasteiger charge is 2.45. The van der Waals surface area contributed by atoms with Gasteiger partial charge in [-0.25, -0.2) is 14.8 Å². The van der Waals surface area contributed by atoms with Gasteiger partial charge in [-0.15, -0.1) is 0 Å². The first-order valence-corrected chi connectivity index (χ1v) is 8.70. The van der Waals surface area contributed by atoms with Gasteiger partial charge in [0.1, 0.15) is 6.33 Å². The highest BCUT2D eigenvalue weighted by atomic mass is 16.6. The van der Waals surface area contributed by atoms with Gasteiger partial charge in [-0.05, 0) is 26.0 Å². The van der Waals surface area contributed by atoms with Crippen molar-refractivity contribution in [3.8, 4) is 0 Å². The average molecular weight is 381 g/mol. The number of nitrogens with zero attached hydrogens (tertiary/aromatic N) is 5. The van der Waals surface area contributed by atoms with Crippen molar-refractivity contribution in [1.29, 1.82) is 0 Å². The molecule has 144 valence electrons. The van der Waals surface area contributed by atoms with Gasteiger partial charge in [-0.2, -0.15) is 0 Å². The highest BCUT2D eigenvalue weighted by Crippen LogP contribution is 2.36. The first-order chi connectivity index (χ1) is 13.5. The van der Waals surface area contributed by atoms with Crippen molar-refractivity contribution in [3.05, 3.63) is 75.8 Å². The molecular formula is C19H19N5O4. The quantitative estimate of drug-likeness (QED) is 0.427. The summed E-state index contributed by atoms with van der Waals surface area (Å²) in [6, 6.07) is 4.30. The van der Waals surface area contributed by atoms with Crippen LogP contribution in [0.1, 0.15) is 31.0 Å². The molecule has 0 bridgehead atoms. The molecule has 0 aliphatic carbocycles. The number of carbonyl (C=O) groups is 1. The van der Waals surface area contributed by atoms with Crippen molar-refractivity contribution in [1.82, 2.24) is 15.0 Å². The molecule has 0 amide bonds. The van der Waals surface area contributed by atoms with E-state index in [4.69, 9.17) is 4.74 Å². The van der Waals surface area contributed by atoms with Crippen molar-refractivity contribution in [2.45, 2.75) is 32.2 Å². The van der Waals surface area contributed by atoms with Gasteiger partial charge < -0.3 is 4.74 Å². The maximum absolute atomic E-state index is 12.8. The number of nitro groups is 1. The van der Waals surface area contributed by atoms with Gasteiger partial charge in [0.15, 0.2) is 0 Å². The summed E-state index contributed by atoms with van der Waals surface area (Å²) >= 11 is 0. The molecule has 9 nitrogen and oxygen atoms in total. The Morgan fingerprint density at radius 3 is 2.64 bits per heavy atom. The van der Waals surface area contributed by atoms with Gasteiger partial charge in [0, 0.05) is 46.9 Å². The lowest BCUT2D eigenvalue weighted by molar-refractivity contribution is -0.505. The lowest BCUT2D eigenvalue weighted by Crippen LogP contribution is -2.40. The molecule has 1 aliphatic heterocycles. The number of aliphatic imine (C=N–C) groups is 1. The van der Waals surface area contributed by atoms with E-state index in [1.807, 2.05) is 12.1 Å². The fourth-order valence-electron chi connectivity index (χ4n) is 3.26. The number of aromatic nitrogens is 3. The molecule has 2 atom stereocenters. The highest BCUT2D eigenvalue weighted by molar-refractivity contribution is 5.98. The van der Waals surface area contributed by atoms with E-state index in [-0.39, 0.29) is 12.2 Å². The Hall–Kier alpha value is -3.49. The molecule has 2 aromatic rings. The summed E-state index contributed by atoms with van der Waals surface area (Å²) in [6.07, 6.45) is 6.38. The summed E-state index contributed by atoms with van der Waals surface area (Å²) in [4.78, 5) is 40.4. The van der Waals surface area contributed by atoms with Gasteiger partial charge in [0.05, 0.1) is 23.8 Å². The van der Waals surface area contributed by atoms with Crippen LogP contribution in [-0.2, 0) is 16.0 Å². The summed E-state index contributed by atoms with van der Waals surface area (Å²) in [5, 5.41) is 11.7. The number of rotatable bonds is 6. The molecule has 0 saturated heterocycles. The zero-order chi connectivity index (χ0) is 20.1. The van der Waals surface area contributed by atoms with Crippen LogP contribution in [0.15, 0.2) is 59.4 Å². The van der Waals surface area contributed by atoms with Crippen LogP contribution in [0.5, 0.6) is 0 Å². The van der Waals surface area contributed by atoms with Crippen molar-refractivity contribution in [2.24, 2.45) is 4.99 Å². The zero-order valence-corrected chi connectivity index (χ0v) is 15.5. The molecule has 28 heavy (non-hydrogen) atoms. The summed E-state index contributed by atoms with van der Waals surface area (Å²) in [5.41, 5.74) is 2.13. The largest absolute Gasteiger partial charge is 0.462 e. The molecule has 9 heteroatoms. The van der Waals surface area contributed by atoms with Crippen LogP contribution < -0.4 is 0 Å². The van der Waals surface area contributed by atoms with Gasteiger partial charge in [-0.1, -0.05) is 6.07 Å². The van der Waals surface area contributed by atoms with E-state index in [2.05, 4.69) is 19.9 Å². The summed E-state index contributed by atoms with van der Waals surface area (Å²) in [7, 11) is 0. The van der Waals surface area contributed by atoms with Crippen LogP contribution in [0, 0.1) is 10.1 Å². The Labute approximate surface area is 161 Å². The second-order valence-corrected chi connectivity index (χ2v) is 6.34. The number of carbonyl (C=O) groups excluding carboxylic acids is 1. The number of ether oxygens (including phenoxy) is 1. The first kappa shape index (κ1) is 19.3. The van der Waals surface area contributed by atoms with Crippen molar-refractivity contribution in [3.63, 3.8) is 0 Å². The Bertz CT molecular complexity index is 928. The smallest absolute Gasteiger partial charge is 0.336 e. The fraction of sp³-hybridized carbons (Fsp3) is 0.316. The summed E-state index contributed by atoms with van der Waals surface area (Å²) in [5.74, 6) is -1.50. The van der Waals surface area contributed by atoms with E-state index < -0.39 is 22.9 Å². The van der Waals surface area contributed by atoms with E-state index in [0.29, 0.717) is 23.4 Å². The van der Waals surface area contributed by atoms with Crippen LogP contribution in [0.4, 0.5) is 0 Å². The predicted octanol–water partition coefficient (Wildman–Crippen LogP) is 2.13. The van der Waals surface area contributed by atoms with Crippen LogP contribution in [0.3, 0.4) is 0 Å². The van der Waals surface area contributed by atoms with E-state index in [1.165, 1.54) is 18.7 Å². The van der Waals surface area contributed by atoms with Crippen LogP contribution in [0.2, 0.25) is 0 Å². The van der Waals surface area contributed by atoms with Gasteiger partial charge >= 0.3 is 5.97 Å². The Balaban J connectivity index is 1.87. The molecule has 2 unspecified atom stereocenters. The molecule has 2 aromatic heterocycles. The lowest BCUT2D eigenvalue weighted by Gasteiger charge is -2.27. The van der Waals surface area contributed by atoms with E-state index in [1.54, 1.807) is 26.1 Å². The molecule has 0 N–H and O–H groups in total. The zero-order valence-electron chi connectivity index (χ0n) is 15.5. The third-order valence-electron chi connectivity index (χ3n) is 4.49. The third-order valence-corrected chi connectivity index (χ3v) is 4.49. The molecule has 3 heterocycles. The van der Waals surface area contributed by atoms with Crippen LogP contribution in [0.25, 0.3) is 0 Å². The Morgan fingerprint density at radius 2 is 2.00 bits per heavy atom. The molecule has 0 fully saturated rings. The van der Waals surface area contributed by atoms with E-state index in [0.717, 1.165) is 5.69 Å². The van der Waals surface area contributed by atoms with E-state index in [9.17, 15) is 14.9 Å². The second-order valence-electron chi connectivity index (χ2n) is 6.34. The van der Waals surface area contributed by atoms with Gasteiger partial charge in [-0.3, -0.25) is 20.1 Å². The number of hydrogen-bond acceptors (Lipinski definition) is 8. The van der Waals surface area contributed by atoms with Gasteiger partial charge in [0.25, 0.3) is 6.04 Å². The number of allylic oxidation sites excluding steroid dienone is 1. The normalized spacial score (nSPS) is 19.1. The number of pyridine rings is 1. The third kappa shape index (κ3) is 4.08. The Kier molecular flexibility index (Phi) is 5.83. The average Bonchev–Trinajstić information content (AvgIpc) is 2.68. The van der Waals surface area contributed by atoms with Crippen LogP contribution >= 0.6 is 0 Å². The molecule has 0 radical (unpaired) electrons. The molecule has 0 spiro atoms. The van der Waals surface area contributed by atoms with Crippen molar-refractivity contribution >= 4 is 11.7 Å². The fourth-order valence-corrected chi connectivity index (χ4v) is 3.26. The standard InChI is InChI=1S/C19H19N5O4/c1-12-16(19(25)28-8-6-15-5-3-4-7-22-15)17(14-9-20-11-21-10-14)18(24(26)27)13(2)23-12/h3-5,7,9-11,17-18H,6,8H2,1-2H3. The minimum Gasteiger partial charge on any atom is -0.462 e. The maximum Gasteiger partial charge on any atom is 0.336 e. The van der Waals surface area contributed by atoms with Crippen LogP contribution in [-0.4, -0.2) is 44.2 Å². The van der Waals surface area contributed by atoms with Crippen molar-refractivity contribution in [2.75, 3.05) is 6.61 Å². The number of esters is 1. The molecule has 1 aliphatic rings. The van der Waals surface area contributed by atoms with Gasteiger partial charge in [0.2, 0.25) is 0 Å². The topological polar surface area (TPSA) is 120 Å². The predicted molar refractivity (Wildman–Crippen MR) is 100 cm³/mol. The Morgan fingerprint density at radius 1 is 1.25 bits per heavy atom. The summed E-state index contributed by atoms with van der Waals surface area (Å²) in [6.45, 7) is 3.33. The first-order valence-electron chi connectivity index (χ1n) is 8.70. The monoisotopic (exact) mass is 381 g/mol. The summed E-state index contributed by atoms with van der Waals surface area (Å²) < 4.78 is 5.40. The SMILES string of the molecule is CC1=NC(C)=C(C(=O)OCCc2ccccn2)C(c2cncnc2)C1[N+](=O)[O-].